The molecule has 0 spiro atoms. The number of aromatic nitrogens is 2. The zero-order chi connectivity index (χ0) is 22.2. The highest BCUT2D eigenvalue weighted by Gasteiger charge is 2.21. The van der Waals surface area contributed by atoms with Gasteiger partial charge in [-0.3, -0.25) is 4.79 Å². The lowest BCUT2D eigenvalue weighted by Gasteiger charge is -2.31. The predicted octanol–water partition coefficient (Wildman–Crippen LogP) is 3.47. The Morgan fingerprint density at radius 2 is 2.16 bits per heavy atom. The summed E-state index contributed by atoms with van der Waals surface area (Å²) in [6.07, 6.45) is 7.51. The molecule has 1 aromatic heterocycles. The van der Waals surface area contributed by atoms with Crippen LogP contribution in [-0.4, -0.2) is 53.3 Å². The summed E-state index contributed by atoms with van der Waals surface area (Å²) in [6.45, 7) is 8.53. The molecule has 2 aromatic rings. The molecule has 0 bridgehead atoms. The molecule has 0 saturated carbocycles. The number of aliphatic hydroxyl groups is 1. The number of hydrogen-bond acceptors (Lipinski definition) is 5. The zero-order valence-electron chi connectivity index (χ0n) is 19.0. The van der Waals surface area contributed by atoms with E-state index in [1.54, 1.807) is 13.0 Å². The first-order valence-corrected chi connectivity index (χ1v) is 11.4. The average molecular weight is 429 g/mol. The van der Waals surface area contributed by atoms with Gasteiger partial charge in [-0.25, -0.2) is 4.98 Å². The number of benzene rings is 1. The topological polar surface area (TPSA) is 90.5 Å². The molecule has 1 saturated heterocycles. The fourth-order valence-electron chi connectivity index (χ4n) is 4.01. The van der Waals surface area contributed by atoms with Crippen LogP contribution in [0.3, 0.4) is 0 Å². The molecule has 1 fully saturated rings. The van der Waals surface area contributed by atoms with Gasteiger partial charge < -0.3 is 25.0 Å². The Bertz CT molecular complexity index is 843. The number of amides is 1. The molecular formula is C24H36N4O3. The lowest BCUT2D eigenvalue weighted by atomic mass is 9.92. The van der Waals surface area contributed by atoms with Crippen molar-refractivity contribution in [2.45, 2.75) is 58.9 Å². The minimum absolute atomic E-state index is 0.0757. The SMILES string of the molecule is CCc1cnc(N2CCC(CCCOc3ccc(C(=O)NC(C)CO)c(C)c3)CC2)[nH]1. The minimum Gasteiger partial charge on any atom is -0.494 e. The number of H-pyrrole nitrogens is 1. The third kappa shape index (κ3) is 6.47. The van der Waals surface area contributed by atoms with Crippen LogP contribution >= 0.6 is 0 Å². The summed E-state index contributed by atoms with van der Waals surface area (Å²) in [7, 11) is 0. The standard InChI is InChI=1S/C24H36N4O3/c1-4-20-15-25-24(27-20)28-11-9-19(10-12-28)6-5-13-31-21-7-8-22(17(2)14-21)23(30)26-18(3)16-29/h7-8,14-15,18-19,29H,4-6,9-13,16H2,1-3H3,(H,25,27)(H,26,30). The molecule has 31 heavy (non-hydrogen) atoms. The average Bonchev–Trinajstić information content (AvgIpc) is 3.26. The second kappa shape index (κ2) is 11.2. The van der Waals surface area contributed by atoms with Crippen LogP contribution < -0.4 is 15.0 Å². The van der Waals surface area contributed by atoms with Gasteiger partial charge in [0.25, 0.3) is 5.91 Å². The van der Waals surface area contributed by atoms with Crippen molar-refractivity contribution in [1.29, 1.82) is 0 Å². The summed E-state index contributed by atoms with van der Waals surface area (Å²) in [5.41, 5.74) is 2.68. The lowest BCUT2D eigenvalue weighted by molar-refractivity contribution is 0.0921. The molecule has 7 nitrogen and oxygen atoms in total. The number of nitrogens with zero attached hydrogens (tertiary/aromatic N) is 2. The van der Waals surface area contributed by atoms with E-state index in [4.69, 9.17) is 9.84 Å². The number of hydrogen-bond donors (Lipinski definition) is 3. The molecule has 1 aromatic carbocycles. The second-order valence-corrected chi connectivity index (χ2v) is 8.54. The van der Waals surface area contributed by atoms with Gasteiger partial charge in [0.05, 0.1) is 19.4 Å². The summed E-state index contributed by atoms with van der Waals surface area (Å²) >= 11 is 0. The van der Waals surface area contributed by atoms with E-state index in [-0.39, 0.29) is 18.6 Å². The van der Waals surface area contributed by atoms with Crippen molar-refractivity contribution < 1.29 is 14.6 Å². The molecule has 1 amide bonds. The van der Waals surface area contributed by atoms with Crippen molar-refractivity contribution in [3.05, 3.63) is 41.2 Å². The summed E-state index contributed by atoms with van der Waals surface area (Å²) in [4.78, 5) is 22.5. The normalized spacial score (nSPS) is 15.7. The Hall–Kier alpha value is -2.54. The highest BCUT2D eigenvalue weighted by atomic mass is 16.5. The predicted molar refractivity (Wildman–Crippen MR) is 123 cm³/mol. The van der Waals surface area contributed by atoms with Gasteiger partial charge in [0.15, 0.2) is 0 Å². The van der Waals surface area contributed by atoms with Gasteiger partial charge in [0.1, 0.15) is 5.75 Å². The van der Waals surface area contributed by atoms with Crippen LogP contribution in [0.2, 0.25) is 0 Å². The fraction of sp³-hybridized carbons (Fsp3) is 0.583. The number of nitrogens with one attached hydrogen (secondary N) is 2. The number of rotatable bonds is 10. The first-order valence-electron chi connectivity index (χ1n) is 11.4. The van der Waals surface area contributed by atoms with E-state index >= 15 is 0 Å². The largest absolute Gasteiger partial charge is 0.494 e. The molecular weight excluding hydrogens is 392 g/mol. The van der Waals surface area contributed by atoms with Crippen molar-refractivity contribution in [3.63, 3.8) is 0 Å². The molecule has 0 aliphatic carbocycles. The summed E-state index contributed by atoms with van der Waals surface area (Å²) < 4.78 is 5.92. The number of anilines is 1. The summed E-state index contributed by atoms with van der Waals surface area (Å²) in [6, 6.07) is 5.28. The number of aryl methyl sites for hydroxylation is 2. The highest BCUT2D eigenvalue weighted by molar-refractivity contribution is 5.95. The molecule has 170 valence electrons. The molecule has 1 atom stereocenters. The molecule has 1 aliphatic rings. The maximum atomic E-state index is 12.2. The van der Waals surface area contributed by atoms with Crippen LogP contribution in [0.5, 0.6) is 5.75 Å². The van der Waals surface area contributed by atoms with E-state index in [1.165, 1.54) is 25.0 Å². The zero-order valence-corrected chi connectivity index (χ0v) is 19.0. The number of aliphatic hydroxyl groups excluding tert-OH is 1. The van der Waals surface area contributed by atoms with Crippen LogP contribution in [0.15, 0.2) is 24.4 Å². The highest BCUT2D eigenvalue weighted by Crippen LogP contribution is 2.25. The molecule has 3 N–H and O–H groups in total. The molecule has 7 heteroatoms. The van der Waals surface area contributed by atoms with Crippen LogP contribution in [0.25, 0.3) is 0 Å². The lowest BCUT2D eigenvalue weighted by Crippen LogP contribution is -2.35. The first-order chi connectivity index (χ1) is 15.0. The monoisotopic (exact) mass is 428 g/mol. The van der Waals surface area contributed by atoms with Crippen LogP contribution in [0.4, 0.5) is 5.95 Å². The summed E-state index contributed by atoms with van der Waals surface area (Å²) in [5, 5.41) is 11.9. The maximum Gasteiger partial charge on any atom is 0.251 e. The Morgan fingerprint density at radius 1 is 1.39 bits per heavy atom. The molecule has 3 rings (SSSR count). The molecule has 0 radical (unpaired) electrons. The van der Waals surface area contributed by atoms with Gasteiger partial charge in [0.2, 0.25) is 5.95 Å². The van der Waals surface area contributed by atoms with E-state index in [0.717, 1.165) is 49.1 Å². The second-order valence-electron chi connectivity index (χ2n) is 8.54. The van der Waals surface area contributed by atoms with Gasteiger partial charge in [-0.05, 0) is 75.6 Å². The fourth-order valence-corrected chi connectivity index (χ4v) is 4.01. The molecule has 1 unspecified atom stereocenters. The van der Waals surface area contributed by atoms with Crippen molar-refractivity contribution in [3.8, 4) is 5.75 Å². The Kier molecular flexibility index (Phi) is 8.35. The van der Waals surface area contributed by atoms with E-state index in [1.807, 2.05) is 25.3 Å². The van der Waals surface area contributed by atoms with Crippen molar-refractivity contribution in [1.82, 2.24) is 15.3 Å². The number of ether oxygens (including phenoxy) is 1. The van der Waals surface area contributed by atoms with E-state index in [9.17, 15) is 4.79 Å². The number of carbonyl (C=O) groups is 1. The summed E-state index contributed by atoms with van der Waals surface area (Å²) in [5.74, 6) is 2.37. The van der Waals surface area contributed by atoms with E-state index < -0.39 is 0 Å². The van der Waals surface area contributed by atoms with Crippen molar-refractivity contribution in [2.75, 3.05) is 31.2 Å². The molecule has 2 heterocycles. The Labute approximate surface area is 185 Å². The van der Waals surface area contributed by atoms with Crippen molar-refractivity contribution >= 4 is 11.9 Å². The number of aromatic amines is 1. The third-order valence-electron chi connectivity index (χ3n) is 6.03. The first kappa shape index (κ1) is 23.1. The van der Waals surface area contributed by atoms with Gasteiger partial charge in [-0.15, -0.1) is 0 Å². The van der Waals surface area contributed by atoms with E-state index in [0.29, 0.717) is 12.2 Å². The van der Waals surface area contributed by atoms with Crippen LogP contribution in [-0.2, 0) is 6.42 Å². The number of carbonyl (C=O) groups excluding carboxylic acids is 1. The van der Waals surface area contributed by atoms with Gasteiger partial charge in [-0.1, -0.05) is 6.92 Å². The quantitative estimate of drug-likeness (QED) is 0.504. The van der Waals surface area contributed by atoms with Crippen molar-refractivity contribution in [2.24, 2.45) is 5.92 Å². The van der Waals surface area contributed by atoms with Gasteiger partial charge in [-0.2, -0.15) is 0 Å². The van der Waals surface area contributed by atoms with Gasteiger partial charge in [0, 0.05) is 30.4 Å². The smallest absolute Gasteiger partial charge is 0.251 e. The van der Waals surface area contributed by atoms with Gasteiger partial charge >= 0.3 is 0 Å². The van der Waals surface area contributed by atoms with E-state index in [2.05, 4.69) is 27.1 Å². The number of imidazole rings is 1. The number of piperidine rings is 1. The van der Waals surface area contributed by atoms with Crippen LogP contribution in [0, 0.1) is 12.8 Å². The molecule has 1 aliphatic heterocycles. The third-order valence-corrected chi connectivity index (χ3v) is 6.03. The Balaban J connectivity index is 1.37. The maximum absolute atomic E-state index is 12.2. The minimum atomic E-state index is -0.261. The Morgan fingerprint density at radius 3 is 2.81 bits per heavy atom. The van der Waals surface area contributed by atoms with Crippen LogP contribution in [0.1, 0.15) is 61.1 Å².